The topological polar surface area (TPSA) is 33.1 Å². The fraction of sp³-hybridized carbons (Fsp3) is 0.190. The average molecular weight is 392 g/mol. The minimum Gasteiger partial charge on any atom is -0.396 e. The summed E-state index contributed by atoms with van der Waals surface area (Å²) in [6.07, 6.45) is -2.51. The van der Waals surface area contributed by atoms with Crippen molar-refractivity contribution >= 4 is 11.6 Å². The SMILES string of the molecule is OCCc1ccc(Cc2ccnc(-c3cccc(Cl)c3)c2C(F)(F)F)cc1. The van der Waals surface area contributed by atoms with Gasteiger partial charge in [0.25, 0.3) is 0 Å². The molecule has 0 bridgehead atoms. The number of pyridine rings is 1. The quantitative estimate of drug-likeness (QED) is 0.618. The Morgan fingerprint density at radius 2 is 1.67 bits per heavy atom. The van der Waals surface area contributed by atoms with Crippen molar-refractivity contribution in [2.45, 2.75) is 19.0 Å². The van der Waals surface area contributed by atoms with E-state index in [1.165, 1.54) is 18.3 Å². The second kappa shape index (κ2) is 8.11. The van der Waals surface area contributed by atoms with Crippen LogP contribution < -0.4 is 0 Å². The van der Waals surface area contributed by atoms with Crippen LogP contribution in [0, 0.1) is 0 Å². The van der Waals surface area contributed by atoms with Gasteiger partial charge >= 0.3 is 6.18 Å². The van der Waals surface area contributed by atoms with Crippen LogP contribution in [0.15, 0.2) is 60.8 Å². The van der Waals surface area contributed by atoms with Gasteiger partial charge in [0.1, 0.15) is 0 Å². The molecule has 0 spiro atoms. The molecule has 140 valence electrons. The molecule has 3 rings (SSSR count). The largest absolute Gasteiger partial charge is 0.418 e. The Balaban J connectivity index is 2.04. The summed E-state index contributed by atoms with van der Waals surface area (Å²) in [6.45, 7) is 0.0327. The number of nitrogens with zero attached hydrogens (tertiary/aromatic N) is 1. The van der Waals surface area contributed by atoms with Crippen molar-refractivity contribution in [1.82, 2.24) is 4.98 Å². The van der Waals surface area contributed by atoms with Crippen LogP contribution in [0.3, 0.4) is 0 Å². The van der Waals surface area contributed by atoms with E-state index >= 15 is 0 Å². The number of aliphatic hydroxyl groups excluding tert-OH is 1. The van der Waals surface area contributed by atoms with Gasteiger partial charge in [0.05, 0.1) is 11.3 Å². The smallest absolute Gasteiger partial charge is 0.396 e. The molecule has 0 atom stereocenters. The normalized spacial score (nSPS) is 11.6. The Hall–Kier alpha value is -2.37. The molecule has 0 aliphatic carbocycles. The van der Waals surface area contributed by atoms with Gasteiger partial charge in [0, 0.05) is 23.4 Å². The van der Waals surface area contributed by atoms with E-state index in [0.717, 1.165) is 11.1 Å². The lowest BCUT2D eigenvalue weighted by molar-refractivity contribution is -0.137. The molecule has 1 heterocycles. The Labute approximate surface area is 160 Å². The molecule has 27 heavy (non-hydrogen) atoms. The standard InChI is InChI=1S/C21H17ClF3NO/c22-18-3-1-2-17(13-18)20-19(21(23,24)25)16(8-10-26-20)12-15-6-4-14(5-7-15)9-11-27/h1-8,10,13,27H,9,11-12H2. The Kier molecular flexibility index (Phi) is 5.82. The predicted octanol–water partition coefficient (Wildman–Crippen LogP) is 5.55. The first-order valence-corrected chi connectivity index (χ1v) is 8.76. The van der Waals surface area contributed by atoms with Crippen molar-refractivity contribution in [2.75, 3.05) is 6.61 Å². The lowest BCUT2D eigenvalue weighted by atomic mass is 9.95. The van der Waals surface area contributed by atoms with Crippen LogP contribution in [-0.4, -0.2) is 16.7 Å². The second-order valence-electron chi connectivity index (χ2n) is 6.17. The van der Waals surface area contributed by atoms with Crippen molar-refractivity contribution in [3.8, 4) is 11.3 Å². The van der Waals surface area contributed by atoms with Gasteiger partial charge in [-0.3, -0.25) is 4.98 Å². The number of rotatable bonds is 5. The predicted molar refractivity (Wildman–Crippen MR) is 99.7 cm³/mol. The number of hydrogen-bond donors (Lipinski definition) is 1. The maximum Gasteiger partial charge on any atom is 0.418 e. The molecule has 2 nitrogen and oxygen atoms in total. The molecule has 6 heteroatoms. The van der Waals surface area contributed by atoms with Crippen LogP contribution in [0.25, 0.3) is 11.3 Å². The van der Waals surface area contributed by atoms with Gasteiger partial charge < -0.3 is 5.11 Å². The molecule has 0 radical (unpaired) electrons. The van der Waals surface area contributed by atoms with Crippen LogP contribution in [0.4, 0.5) is 13.2 Å². The van der Waals surface area contributed by atoms with E-state index in [-0.39, 0.29) is 24.3 Å². The third kappa shape index (κ3) is 4.67. The van der Waals surface area contributed by atoms with Gasteiger partial charge in [-0.2, -0.15) is 13.2 Å². The Morgan fingerprint density at radius 1 is 0.963 bits per heavy atom. The van der Waals surface area contributed by atoms with Crippen LogP contribution in [-0.2, 0) is 19.0 Å². The van der Waals surface area contributed by atoms with E-state index in [0.29, 0.717) is 17.0 Å². The molecule has 0 saturated carbocycles. The van der Waals surface area contributed by atoms with E-state index in [1.54, 1.807) is 30.3 Å². The number of aliphatic hydroxyl groups is 1. The first-order valence-electron chi connectivity index (χ1n) is 8.38. The van der Waals surface area contributed by atoms with Gasteiger partial charge in [0.15, 0.2) is 0 Å². The number of halogens is 4. The summed E-state index contributed by atoms with van der Waals surface area (Å²) >= 11 is 5.94. The molecule has 0 saturated heterocycles. The minimum atomic E-state index is -4.54. The van der Waals surface area contributed by atoms with E-state index in [1.807, 2.05) is 12.1 Å². The zero-order chi connectivity index (χ0) is 19.4. The van der Waals surface area contributed by atoms with Crippen LogP contribution >= 0.6 is 11.6 Å². The molecule has 0 unspecified atom stereocenters. The van der Waals surface area contributed by atoms with Gasteiger partial charge in [-0.15, -0.1) is 0 Å². The number of aromatic nitrogens is 1. The third-order valence-corrected chi connectivity index (χ3v) is 4.47. The molecule has 0 amide bonds. The summed E-state index contributed by atoms with van der Waals surface area (Å²) in [5.41, 5.74) is 1.31. The average Bonchev–Trinajstić information content (AvgIpc) is 2.62. The van der Waals surface area contributed by atoms with E-state index in [2.05, 4.69) is 4.98 Å². The molecule has 1 N–H and O–H groups in total. The summed E-state index contributed by atoms with van der Waals surface area (Å²) in [5, 5.41) is 9.32. The minimum absolute atomic E-state index is 0.0327. The van der Waals surface area contributed by atoms with Crippen LogP contribution in [0.2, 0.25) is 5.02 Å². The molecule has 0 aliphatic heterocycles. The van der Waals surface area contributed by atoms with Crippen molar-refractivity contribution in [3.05, 3.63) is 88.1 Å². The maximum atomic E-state index is 13.9. The molecule has 1 aromatic heterocycles. The lowest BCUT2D eigenvalue weighted by Gasteiger charge is -2.17. The molecule has 2 aromatic carbocycles. The summed E-state index contributed by atoms with van der Waals surface area (Å²) in [4.78, 5) is 3.99. The van der Waals surface area contributed by atoms with E-state index in [9.17, 15) is 13.2 Å². The van der Waals surface area contributed by atoms with Crippen LogP contribution in [0.1, 0.15) is 22.3 Å². The van der Waals surface area contributed by atoms with E-state index in [4.69, 9.17) is 16.7 Å². The number of benzene rings is 2. The second-order valence-corrected chi connectivity index (χ2v) is 6.61. The highest BCUT2D eigenvalue weighted by Gasteiger charge is 2.37. The summed E-state index contributed by atoms with van der Waals surface area (Å²) in [6, 6.07) is 14.9. The Bertz CT molecular complexity index is 923. The zero-order valence-corrected chi connectivity index (χ0v) is 15.1. The Morgan fingerprint density at radius 3 is 2.30 bits per heavy atom. The number of hydrogen-bond acceptors (Lipinski definition) is 2. The van der Waals surface area contributed by atoms with Gasteiger partial charge in [-0.25, -0.2) is 0 Å². The first-order chi connectivity index (χ1) is 12.9. The summed E-state index contributed by atoms with van der Waals surface area (Å²) < 4.78 is 41.6. The maximum absolute atomic E-state index is 13.9. The highest BCUT2D eigenvalue weighted by Crippen LogP contribution is 2.39. The zero-order valence-electron chi connectivity index (χ0n) is 14.3. The highest BCUT2D eigenvalue weighted by molar-refractivity contribution is 6.30. The van der Waals surface area contributed by atoms with E-state index < -0.39 is 11.7 Å². The van der Waals surface area contributed by atoms with Crippen molar-refractivity contribution < 1.29 is 18.3 Å². The fourth-order valence-electron chi connectivity index (χ4n) is 2.99. The molecule has 0 fully saturated rings. The van der Waals surface area contributed by atoms with Crippen molar-refractivity contribution in [1.29, 1.82) is 0 Å². The number of alkyl halides is 3. The monoisotopic (exact) mass is 391 g/mol. The van der Waals surface area contributed by atoms with Gasteiger partial charge in [-0.1, -0.05) is 48.0 Å². The molecular weight excluding hydrogens is 375 g/mol. The van der Waals surface area contributed by atoms with Crippen molar-refractivity contribution in [3.63, 3.8) is 0 Å². The third-order valence-electron chi connectivity index (χ3n) is 4.24. The molecule has 3 aromatic rings. The fourth-order valence-corrected chi connectivity index (χ4v) is 3.18. The van der Waals surface area contributed by atoms with Gasteiger partial charge in [-0.05, 0) is 47.7 Å². The van der Waals surface area contributed by atoms with Crippen molar-refractivity contribution in [2.24, 2.45) is 0 Å². The van der Waals surface area contributed by atoms with Crippen LogP contribution in [0.5, 0.6) is 0 Å². The molecule has 0 aliphatic rings. The summed E-state index contributed by atoms with van der Waals surface area (Å²) in [7, 11) is 0. The lowest BCUT2D eigenvalue weighted by Crippen LogP contribution is -2.13. The van der Waals surface area contributed by atoms with Gasteiger partial charge in [0.2, 0.25) is 0 Å². The highest BCUT2D eigenvalue weighted by atomic mass is 35.5. The molecular formula is C21H17ClF3NO. The summed E-state index contributed by atoms with van der Waals surface area (Å²) in [5.74, 6) is 0. The first kappa shape index (κ1) is 19.4.